The van der Waals surface area contributed by atoms with Crippen molar-refractivity contribution in [3.63, 3.8) is 0 Å². The molecule has 0 aromatic carbocycles. The lowest BCUT2D eigenvalue weighted by atomic mass is 9.88. The van der Waals surface area contributed by atoms with Gasteiger partial charge in [-0.15, -0.1) is 11.3 Å². The van der Waals surface area contributed by atoms with Crippen LogP contribution in [0.4, 0.5) is 0 Å². The zero-order valence-corrected chi connectivity index (χ0v) is 12.6. The highest BCUT2D eigenvalue weighted by molar-refractivity contribution is 7.10. The van der Waals surface area contributed by atoms with Crippen molar-refractivity contribution < 1.29 is 4.79 Å². The average Bonchev–Trinajstić information content (AvgIpc) is 2.81. The van der Waals surface area contributed by atoms with Gasteiger partial charge in [0.25, 0.3) is 5.91 Å². The number of hydrogen-bond donors (Lipinski definition) is 0. The Balaban J connectivity index is 1.77. The maximum Gasteiger partial charge on any atom is 0.255 e. The molecule has 0 saturated carbocycles. The van der Waals surface area contributed by atoms with Crippen molar-refractivity contribution in [2.45, 2.75) is 26.2 Å². The number of thiophene rings is 1. The molecular formula is C15H22N2OS. The van der Waals surface area contributed by atoms with Crippen LogP contribution >= 0.6 is 11.3 Å². The van der Waals surface area contributed by atoms with Crippen LogP contribution in [-0.4, -0.2) is 48.9 Å². The summed E-state index contributed by atoms with van der Waals surface area (Å²) in [6.45, 7) is 6.04. The van der Waals surface area contributed by atoms with Crippen LogP contribution in [0.25, 0.3) is 0 Å². The van der Waals surface area contributed by atoms with Gasteiger partial charge in [0.05, 0.1) is 5.56 Å². The van der Waals surface area contributed by atoms with E-state index in [1.165, 1.54) is 16.9 Å². The fraction of sp³-hybridized carbons (Fsp3) is 0.667. The summed E-state index contributed by atoms with van der Waals surface area (Å²) in [5.41, 5.74) is 2.35. The van der Waals surface area contributed by atoms with E-state index < -0.39 is 0 Å². The maximum absolute atomic E-state index is 12.6. The number of fused-ring (bicyclic) bond motifs is 1. The van der Waals surface area contributed by atoms with E-state index in [-0.39, 0.29) is 5.91 Å². The van der Waals surface area contributed by atoms with Gasteiger partial charge >= 0.3 is 0 Å². The zero-order chi connectivity index (χ0) is 13.4. The molecule has 19 heavy (non-hydrogen) atoms. The van der Waals surface area contributed by atoms with Crippen LogP contribution in [-0.2, 0) is 12.8 Å². The minimum absolute atomic E-state index is 0.264. The summed E-state index contributed by atoms with van der Waals surface area (Å²) in [4.78, 5) is 18.4. The average molecular weight is 278 g/mol. The lowest BCUT2D eigenvalue weighted by Crippen LogP contribution is -2.47. The highest BCUT2D eigenvalue weighted by atomic mass is 32.1. The van der Waals surface area contributed by atoms with E-state index in [2.05, 4.69) is 24.3 Å². The number of piperazine rings is 1. The van der Waals surface area contributed by atoms with Crippen LogP contribution in [0.5, 0.6) is 0 Å². The standard InChI is InChI=1S/C15H22N2OS/c1-11-3-4-12-13(10-19-14(12)9-11)15(18)17-7-5-16(2)6-8-17/h10-11H,3-9H2,1-2H3. The van der Waals surface area contributed by atoms with E-state index in [4.69, 9.17) is 0 Å². The van der Waals surface area contributed by atoms with Gasteiger partial charge in [-0.2, -0.15) is 0 Å². The number of likely N-dealkylation sites (N-methyl/N-ethyl adjacent to an activating group) is 1. The molecule has 1 aromatic rings. The molecule has 1 fully saturated rings. The van der Waals surface area contributed by atoms with Crippen molar-refractivity contribution in [2.24, 2.45) is 5.92 Å². The molecule has 2 heterocycles. The molecule has 4 heteroatoms. The van der Waals surface area contributed by atoms with Crippen LogP contribution in [0.2, 0.25) is 0 Å². The van der Waals surface area contributed by atoms with E-state index in [0.29, 0.717) is 0 Å². The van der Waals surface area contributed by atoms with Crippen LogP contribution in [0.1, 0.15) is 34.1 Å². The van der Waals surface area contributed by atoms with E-state index in [0.717, 1.165) is 50.5 Å². The van der Waals surface area contributed by atoms with Crippen molar-refractivity contribution >= 4 is 17.2 Å². The summed E-state index contributed by atoms with van der Waals surface area (Å²) >= 11 is 1.79. The number of amides is 1. The zero-order valence-electron chi connectivity index (χ0n) is 11.8. The second-order valence-electron chi connectivity index (χ2n) is 5.99. The fourth-order valence-electron chi connectivity index (χ4n) is 3.04. The first-order valence-corrected chi connectivity index (χ1v) is 8.10. The smallest absolute Gasteiger partial charge is 0.255 e. The molecule has 1 aromatic heterocycles. The molecule has 1 unspecified atom stereocenters. The molecule has 0 radical (unpaired) electrons. The number of rotatable bonds is 1. The van der Waals surface area contributed by atoms with E-state index >= 15 is 0 Å². The molecular weight excluding hydrogens is 256 g/mol. The second kappa shape index (κ2) is 5.25. The quantitative estimate of drug-likeness (QED) is 0.787. The van der Waals surface area contributed by atoms with Gasteiger partial charge in [0.15, 0.2) is 0 Å². The van der Waals surface area contributed by atoms with Crippen molar-refractivity contribution in [3.8, 4) is 0 Å². The molecule has 1 saturated heterocycles. The Morgan fingerprint density at radius 2 is 2.05 bits per heavy atom. The number of carbonyl (C=O) groups is 1. The van der Waals surface area contributed by atoms with Crippen LogP contribution in [0, 0.1) is 5.92 Å². The molecule has 1 aliphatic heterocycles. The summed E-state index contributed by atoms with van der Waals surface area (Å²) in [6, 6.07) is 0. The predicted molar refractivity (Wildman–Crippen MR) is 78.9 cm³/mol. The minimum atomic E-state index is 0.264. The summed E-state index contributed by atoms with van der Waals surface area (Å²) < 4.78 is 0. The lowest BCUT2D eigenvalue weighted by molar-refractivity contribution is 0.0663. The molecule has 104 valence electrons. The number of nitrogens with zero attached hydrogens (tertiary/aromatic N) is 2. The fourth-order valence-corrected chi connectivity index (χ4v) is 4.27. The number of carbonyl (C=O) groups excluding carboxylic acids is 1. The predicted octanol–water partition coefficient (Wildman–Crippen LogP) is 2.26. The monoisotopic (exact) mass is 278 g/mol. The highest BCUT2D eigenvalue weighted by Gasteiger charge is 2.27. The van der Waals surface area contributed by atoms with Crippen LogP contribution < -0.4 is 0 Å². The first-order chi connectivity index (χ1) is 9.15. The summed E-state index contributed by atoms with van der Waals surface area (Å²) in [5, 5.41) is 2.10. The van der Waals surface area contributed by atoms with Crippen molar-refractivity contribution in [2.75, 3.05) is 33.2 Å². The van der Waals surface area contributed by atoms with Crippen LogP contribution in [0.3, 0.4) is 0 Å². The Hall–Kier alpha value is -0.870. The molecule has 0 N–H and O–H groups in total. The molecule has 0 spiro atoms. The molecule has 1 amide bonds. The van der Waals surface area contributed by atoms with Gasteiger partial charge in [-0.25, -0.2) is 0 Å². The van der Waals surface area contributed by atoms with Gasteiger partial charge < -0.3 is 9.80 Å². The summed E-state index contributed by atoms with van der Waals surface area (Å²) in [6.07, 6.45) is 3.48. The summed E-state index contributed by atoms with van der Waals surface area (Å²) in [7, 11) is 2.12. The van der Waals surface area contributed by atoms with Gasteiger partial charge in [-0.05, 0) is 37.8 Å². The number of hydrogen-bond acceptors (Lipinski definition) is 3. The third-order valence-electron chi connectivity index (χ3n) is 4.42. The Morgan fingerprint density at radius 1 is 1.32 bits per heavy atom. The maximum atomic E-state index is 12.6. The first kappa shape index (κ1) is 13.1. The second-order valence-corrected chi connectivity index (χ2v) is 6.96. The Bertz CT molecular complexity index is 474. The minimum Gasteiger partial charge on any atom is -0.336 e. The topological polar surface area (TPSA) is 23.6 Å². The van der Waals surface area contributed by atoms with E-state index in [1.807, 2.05) is 4.90 Å². The highest BCUT2D eigenvalue weighted by Crippen LogP contribution is 2.33. The third-order valence-corrected chi connectivity index (χ3v) is 5.47. The van der Waals surface area contributed by atoms with Gasteiger partial charge in [0.1, 0.15) is 0 Å². The third kappa shape index (κ3) is 2.56. The lowest BCUT2D eigenvalue weighted by Gasteiger charge is -2.32. The van der Waals surface area contributed by atoms with Crippen LogP contribution in [0.15, 0.2) is 5.38 Å². The molecule has 3 rings (SSSR count). The van der Waals surface area contributed by atoms with Crippen molar-refractivity contribution in [3.05, 3.63) is 21.4 Å². The Morgan fingerprint density at radius 3 is 2.79 bits per heavy atom. The Kier molecular flexibility index (Phi) is 3.63. The van der Waals surface area contributed by atoms with Gasteiger partial charge in [0.2, 0.25) is 0 Å². The molecule has 0 bridgehead atoms. The molecule has 1 atom stereocenters. The van der Waals surface area contributed by atoms with Gasteiger partial charge in [0, 0.05) is 36.4 Å². The summed E-state index contributed by atoms with van der Waals surface area (Å²) in [5.74, 6) is 1.04. The van der Waals surface area contributed by atoms with E-state index in [9.17, 15) is 4.79 Å². The van der Waals surface area contributed by atoms with E-state index in [1.54, 1.807) is 11.3 Å². The SMILES string of the molecule is CC1CCc2c(C(=O)N3CCN(C)CC3)csc2C1. The molecule has 1 aliphatic carbocycles. The molecule has 2 aliphatic rings. The van der Waals surface area contributed by atoms with Gasteiger partial charge in [-0.1, -0.05) is 6.92 Å². The van der Waals surface area contributed by atoms with Gasteiger partial charge in [-0.3, -0.25) is 4.79 Å². The normalized spacial score (nSPS) is 24.3. The largest absolute Gasteiger partial charge is 0.336 e. The Labute approximate surface area is 119 Å². The molecule has 3 nitrogen and oxygen atoms in total. The van der Waals surface area contributed by atoms with Crippen molar-refractivity contribution in [1.82, 2.24) is 9.80 Å². The first-order valence-electron chi connectivity index (χ1n) is 7.22. The van der Waals surface area contributed by atoms with Crippen molar-refractivity contribution in [1.29, 1.82) is 0 Å².